The van der Waals surface area contributed by atoms with Crippen molar-refractivity contribution in [3.05, 3.63) is 29.1 Å². The number of aliphatic hydroxyl groups excluding tert-OH is 1. The lowest BCUT2D eigenvalue weighted by Gasteiger charge is -2.12. The van der Waals surface area contributed by atoms with Crippen LogP contribution in [-0.4, -0.2) is 51.0 Å². The van der Waals surface area contributed by atoms with E-state index in [2.05, 4.69) is 9.46 Å². The first-order chi connectivity index (χ1) is 9.69. The van der Waals surface area contributed by atoms with E-state index in [-0.39, 0.29) is 23.6 Å². The molecule has 1 atom stereocenters. The van der Waals surface area contributed by atoms with Gasteiger partial charge in [-0.1, -0.05) is 0 Å². The maximum Gasteiger partial charge on any atom is 0.338 e. The van der Waals surface area contributed by atoms with Gasteiger partial charge in [-0.3, -0.25) is 0 Å². The maximum atomic E-state index is 13.6. The Hall–Kier alpha value is -1.55. The lowest BCUT2D eigenvalue weighted by atomic mass is 10.1. The number of sulfonamides is 1. The summed E-state index contributed by atoms with van der Waals surface area (Å²) >= 11 is 0. The molecule has 0 aliphatic carbocycles. The predicted octanol–water partition coefficient (Wildman–Crippen LogP) is 0.118. The number of aromatic carboxylic acids is 1. The number of benzene rings is 1. The van der Waals surface area contributed by atoms with Gasteiger partial charge in [-0.05, 0) is 24.6 Å². The van der Waals surface area contributed by atoms with Crippen molar-refractivity contribution < 1.29 is 32.6 Å². The molecule has 0 saturated carbocycles. The van der Waals surface area contributed by atoms with Gasteiger partial charge in [0, 0.05) is 13.7 Å². The summed E-state index contributed by atoms with van der Waals surface area (Å²) in [4.78, 5) is 10.5. The number of aliphatic hydroxyl groups is 1. The molecule has 118 valence electrons. The molecule has 0 spiro atoms. The first-order valence-corrected chi connectivity index (χ1v) is 7.37. The number of hydrogen-bond donors (Lipinski definition) is 3. The second kappa shape index (κ2) is 6.94. The Kier molecular flexibility index (Phi) is 5.78. The largest absolute Gasteiger partial charge is 0.478 e. The van der Waals surface area contributed by atoms with Gasteiger partial charge in [-0.15, -0.1) is 0 Å². The van der Waals surface area contributed by atoms with Crippen LogP contribution in [0.1, 0.15) is 15.9 Å². The van der Waals surface area contributed by atoms with Crippen LogP contribution in [0.5, 0.6) is 0 Å². The number of nitrogens with one attached hydrogen (secondary N) is 1. The first kappa shape index (κ1) is 17.5. The number of carboxylic acids is 1. The highest BCUT2D eigenvalue weighted by Crippen LogP contribution is 2.19. The van der Waals surface area contributed by atoms with Gasteiger partial charge in [0.15, 0.2) is 0 Å². The summed E-state index contributed by atoms with van der Waals surface area (Å²) in [6, 6.07) is 1.75. The SMILES string of the molecule is COCC(O)CNS(=O)(=O)c1cc(C)c(F)c(C(=O)O)c1. The minimum Gasteiger partial charge on any atom is -0.478 e. The Balaban J connectivity index is 3.06. The number of carbonyl (C=O) groups is 1. The molecule has 0 aliphatic heterocycles. The lowest BCUT2D eigenvalue weighted by molar-refractivity contribution is 0.0678. The van der Waals surface area contributed by atoms with Gasteiger partial charge in [0.1, 0.15) is 5.82 Å². The lowest BCUT2D eigenvalue weighted by Crippen LogP contribution is -2.34. The summed E-state index contributed by atoms with van der Waals surface area (Å²) in [6.07, 6.45) is -1.05. The third kappa shape index (κ3) is 4.46. The first-order valence-electron chi connectivity index (χ1n) is 5.89. The van der Waals surface area contributed by atoms with Crippen molar-refractivity contribution in [1.29, 1.82) is 0 Å². The Morgan fingerprint density at radius 1 is 1.48 bits per heavy atom. The molecule has 1 unspecified atom stereocenters. The molecular weight excluding hydrogens is 305 g/mol. The monoisotopic (exact) mass is 321 g/mol. The third-order valence-corrected chi connectivity index (χ3v) is 4.04. The van der Waals surface area contributed by atoms with Crippen LogP contribution in [0.4, 0.5) is 4.39 Å². The molecular formula is C12H16FNO6S. The minimum atomic E-state index is -4.06. The van der Waals surface area contributed by atoms with Crippen molar-refractivity contribution in [1.82, 2.24) is 4.72 Å². The Morgan fingerprint density at radius 3 is 2.62 bits per heavy atom. The highest BCUT2D eigenvalue weighted by atomic mass is 32.2. The maximum absolute atomic E-state index is 13.6. The zero-order valence-electron chi connectivity index (χ0n) is 11.5. The van der Waals surface area contributed by atoms with E-state index in [1.54, 1.807) is 0 Å². The van der Waals surface area contributed by atoms with Gasteiger partial charge in [-0.25, -0.2) is 22.3 Å². The predicted molar refractivity (Wildman–Crippen MR) is 71.2 cm³/mol. The van der Waals surface area contributed by atoms with Crippen molar-refractivity contribution in [2.24, 2.45) is 0 Å². The second-order valence-corrected chi connectivity index (χ2v) is 6.13. The fourth-order valence-corrected chi connectivity index (χ4v) is 2.77. The quantitative estimate of drug-likeness (QED) is 0.657. The summed E-state index contributed by atoms with van der Waals surface area (Å²) in [5, 5.41) is 18.3. The number of carboxylic acid groups (broad SMARTS) is 1. The summed E-state index contributed by atoms with van der Waals surface area (Å²) in [6.45, 7) is 0.890. The minimum absolute atomic E-state index is 0.0641. The molecule has 0 fully saturated rings. The number of methoxy groups -OCH3 is 1. The van der Waals surface area contributed by atoms with Crippen LogP contribution >= 0.6 is 0 Å². The van der Waals surface area contributed by atoms with Crippen LogP contribution in [-0.2, 0) is 14.8 Å². The molecule has 0 radical (unpaired) electrons. The van der Waals surface area contributed by atoms with Crippen LogP contribution in [0, 0.1) is 12.7 Å². The summed E-state index contributed by atoms with van der Waals surface area (Å²) in [5.41, 5.74) is -0.833. The van der Waals surface area contributed by atoms with Gasteiger partial charge in [0.25, 0.3) is 0 Å². The number of rotatable bonds is 7. The highest BCUT2D eigenvalue weighted by Gasteiger charge is 2.21. The Labute approximate surface area is 121 Å². The van der Waals surface area contributed by atoms with Crippen molar-refractivity contribution in [2.45, 2.75) is 17.9 Å². The third-order valence-electron chi connectivity index (χ3n) is 2.64. The molecule has 7 nitrogen and oxygen atoms in total. The highest BCUT2D eigenvalue weighted by molar-refractivity contribution is 7.89. The molecule has 0 saturated heterocycles. The van der Waals surface area contributed by atoms with Crippen LogP contribution in [0.2, 0.25) is 0 Å². The fourth-order valence-electron chi connectivity index (χ4n) is 1.59. The Bertz CT molecular complexity index is 631. The van der Waals surface area contributed by atoms with E-state index in [0.717, 1.165) is 12.1 Å². The normalized spacial score (nSPS) is 13.1. The molecule has 9 heteroatoms. The molecule has 0 aliphatic rings. The van der Waals surface area contributed by atoms with Gasteiger partial charge >= 0.3 is 5.97 Å². The smallest absolute Gasteiger partial charge is 0.338 e. The number of hydrogen-bond acceptors (Lipinski definition) is 5. The topological polar surface area (TPSA) is 113 Å². The van der Waals surface area contributed by atoms with Crippen molar-refractivity contribution in [3.8, 4) is 0 Å². The summed E-state index contributed by atoms with van der Waals surface area (Å²) in [7, 11) is -2.72. The van der Waals surface area contributed by atoms with Crippen LogP contribution in [0.25, 0.3) is 0 Å². The van der Waals surface area contributed by atoms with E-state index < -0.39 is 33.5 Å². The second-order valence-electron chi connectivity index (χ2n) is 4.37. The Morgan fingerprint density at radius 2 is 2.10 bits per heavy atom. The summed E-state index contributed by atoms with van der Waals surface area (Å²) < 4.78 is 44.3. The molecule has 0 bridgehead atoms. The van der Waals surface area contributed by atoms with E-state index in [9.17, 15) is 22.7 Å². The fraction of sp³-hybridized carbons (Fsp3) is 0.417. The van der Waals surface area contributed by atoms with Gasteiger partial charge in [0.05, 0.1) is 23.2 Å². The zero-order valence-corrected chi connectivity index (χ0v) is 12.3. The van der Waals surface area contributed by atoms with E-state index in [1.165, 1.54) is 14.0 Å². The van der Waals surface area contributed by atoms with Gasteiger partial charge < -0.3 is 14.9 Å². The average molecular weight is 321 g/mol. The summed E-state index contributed by atoms with van der Waals surface area (Å²) in [5.74, 6) is -2.55. The molecule has 21 heavy (non-hydrogen) atoms. The molecule has 1 aromatic carbocycles. The zero-order chi connectivity index (χ0) is 16.2. The molecule has 0 aromatic heterocycles. The van der Waals surface area contributed by atoms with E-state index in [4.69, 9.17) is 5.11 Å². The van der Waals surface area contributed by atoms with E-state index >= 15 is 0 Å². The van der Waals surface area contributed by atoms with Crippen LogP contribution in [0.3, 0.4) is 0 Å². The molecule has 0 amide bonds. The molecule has 1 rings (SSSR count). The average Bonchev–Trinajstić information content (AvgIpc) is 2.39. The van der Waals surface area contributed by atoms with E-state index in [0.29, 0.717) is 0 Å². The number of ether oxygens (including phenoxy) is 1. The standard InChI is InChI=1S/C12H16FNO6S/c1-7-3-9(4-10(11(7)13)12(16)17)21(18,19)14-5-8(15)6-20-2/h3-4,8,14-15H,5-6H2,1-2H3,(H,16,17). The van der Waals surface area contributed by atoms with Crippen LogP contribution < -0.4 is 4.72 Å². The van der Waals surface area contributed by atoms with Crippen molar-refractivity contribution in [3.63, 3.8) is 0 Å². The van der Waals surface area contributed by atoms with Crippen LogP contribution in [0.15, 0.2) is 17.0 Å². The van der Waals surface area contributed by atoms with Gasteiger partial charge in [-0.2, -0.15) is 0 Å². The molecule has 0 heterocycles. The van der Waals surface area contributed by atoms with E-state index in [1.807, 2.05) is 0 Å². The van der Waals surface area contributed by atoms with Crippen molar-refractivity contribution >= 4 is 16.0 Å². The molecule has 1 aromatic rings. The van der Waals surface area contributed by atoms with Crippen molar-refractivity contribution in [2.75, 3.05) is 20.3 Å². The molecule has 3 N–H and O–H groups in total. The number of halogens is 1. The number of aryl methyl sites for hydroxylation is 1. The van der Waals surface area contributed by atoms with Gasteiger partial charge in [0.2, 0.25) is 10.0 Å².